The van der Waals surface area contributed by atoms with Crippen molar-refractivity contribution in [3.63, 3.8) is 0 Å². The lowest BCUT2D eigenvalue weighted by molar-refractivity contribution is 0.0992. The van der Waals surface area contributed by atoms with Crippen LogP contribution in [0.25, 0.3) is 0 Å². The number of nitrogens with two attached hydrogens (primary N) is 2. The van der Waals surface area contributed by atoms with Gasteiger partial charge in [-0.2, -0.15) is 0 Å². The van der Waals surface area contributed by atoms with Gasteiger partial charge in [-0.25, -0.2) is 4.98 Å². The van der Waals surface area contributed by atoms with Crippen LogP contribution in [0.5, 0.6) is 0 Å². The fourth-order valence-corrected chi connectivity index (χ4v) is 0.956. The first kappa shape index (κ1) is 9.47. The number of rotatable bonds is 2. The molecule has 0 atom stereocenters. The first-order chi connectivity index (χ1) is 6.00. The van der Waals surface area contributed by atoms with Crippen molar-refractivity contribution in [1.29, 1.82) is 0 Å². The van der Waals surface area contributed by atoms with E-state index in [-0.39, 0.29) is 16.4 Å². The molecule has 0 unspecified atom stereocenters. The molecule has 0 spiro atoms. The molecule has 0 radical (unpaired) electrons. The van der Waals surface area contributed by atoms with Crippen LogP contribution in [0.1, 0.15) is 21.0 Å². The van der Waals surface area contributed by atoms with Crippen molar-refractivity contribution in [2.45, 2.75) is 0 Å². The lowest BCUT2D eigenvalue weighted by Crippen LogP contribution is -2.18. The van der Waals surface area contributed by atoms with Gasteiger partial charge in [0.05, 0.1) is 0 Å². The molecule has 1 heterocycles. The first-order valence-electron chi connectivity index (χ1n) is 3.28. The Balaban J connectivity index is 3.26. The summed E-state index contributed by atoms with van der Waals surface area (Å²) in [5.41, 5.74) is 9.71. The molecule has 2 amide bonds. The van der Waals surface area contributed by atoms with E-state index in [1.807, 2.05) is 0 Å². The first-order valence-corrected chi connectivity index (χ1v) is 3.65. The molecule has 5 nitrogen and oxygen atoms in total. The largest absolute Gasteiger partial charge is 0.364 e. The predicted octanol–water partition coefficient (Wildman–Crippen LogP) is -0.0672. The van der Waals surface area contributed by atoms with Gasteiger partial charge in [0.2, 0.25) is 0 Å². The maximum atomic E-state index is 10.7. The lowest BCUT2D eigenvalue weighted by Gasteiger charge is -1.99. The fraction of sp³-hybridized carbons (Fsp3) is 0. The van der Waals surface area contributed by atoms with Gasteiger partial charge in [0, 0.05) is 5.02 Å². The van der Waals surface area contributed by atoms with Crippen molar-refractivity contribution in [1.82, 2.24) is 4.98 Å². The second-order valence-corrected chi connectivity index (χ2v) is 2.72. The normalized spacial score (nSPS) is 9.62. The Labute approximate surface area is 78.7 Å². The number of carbonyl (C=O) groups is 2. The van der Waals surface area contributed by atoms with Gasteiger partial charge in [-0.05, 0) is 12.1 Å². The van der Waals surface area contributed by atoms with E-state index in [9.17, 15) is 9.59 Å². The smallest absolute Gasteiger partial charge is 0.267 e. The van der Waals surface area contributed by atoms with Crippen LogP contribution in [0.15, 0.2) is 12.1 Å². The molecule has 0 saturated carbocycles. The van der Waals surface area contributed by atoms with Crippen molar-refractivity contribution in [3.05, 3.63) is 28.5 Å². The van der Waals surface area contributed by atoms with Crippen molar-refractivity contribution >= 4 is 23.4 Å². The molecule has 0 aliphatic carbocycles. The van der Waals surface area contributed by atoms with E-state index in [1.54, 1.807) is 0 Å². The Morgan fingerprint density at radius 1 is 1.15 bits per heavy atom. The molecule has 13 heavy (non-hydrogen) atoms. The van der Waals surface area contributed by atoms with Crippen LogP contribution in [0.4, 0.5) is 0 Å². The molecular formula is C7H6ClN3O2. The number of pyridine rings is 1. The van der Waals surface area contributed by atoms with Crippen molar-refractivity contribution in [2.75, 3.05) is 0 Å². The number of carbonyl (C=O) groups excluding carboxylic acids is 2. The standard InChI is InChI=1S/C7H6ClN3O2/c8-3-1-4(6(9)12)11-5(2-3)7(10)13/h1-2H,(H2,9,12)(H2,10,13). The van der Waals surface area contributed by atoms with Gasteiger partial charge in [0.1, 0.15) is 11.4 Å². The van der Waals surface area contributed by atoms with Crippen molar-refractivity contribution < 1.29 is 9.59 Å². The molecule has 1 aromatic rings. The zero-order valence-electron chi connectivity index (χ0n) is 6.45. The van der Waals surface area contributed by atoms with E-state index in [2.05, 4.69) is 4.98 Å². The third-order valence-electron chi connectivity index (χ3n) is 1.30. The van der Waals surface area contributed by atoms with Crippen LogP contribution in [-0.4, -0.2) is 16.8 Å². The highest BCUT2D eigenvalue weighted by molar-refractivity contribution is 6.31. The van der Waals surface area contributed by atoms with E-state index in [0.29, 0.717) is 0 Å². The second-order valence-electron chi connectivity index (χ2n) is 2.28. The number of nitrogens with zero attached hydrogens (tertiary/aromatic N) is 1. The number of amides is 2. The quantitative estimate of drug-likeness (QED) is 0.698. The fourth-order valence-electron chi connectivity index (χ4n) is 0.750. The van der Waals surface area contributed by atoms with Gasteiger partial charge >= 0.3 is 0 Å². The third-order valence-corrected chi connectivity index (χ3v) is 1.51. The van der Waals surface area contributed by atoms with Gasteiger partial charge in [0.15, 0.2) is 0 Å². The minimum Gasteiger partial charge on any atom is -0.364 e. The third kappa shape index (κ3) is 2.16. The summed E-state index contributed by atoms with van der Waals surface area (Å²) in [6.07, 6.45) is 0. The van der Waals surface area contributed by atoms with Crippen LogP contribution < -0.4 is 11.5 Å². The highest BCUT2D eigenvalue weighted by Crippen LogP contribution is 2.11. The van der Waals surface area contributed by atoms with Crippen LogP contribution in [-0.2, 0) is 0 Å². The summed E-state index contributed by atoms with van der Waals surface area (Å²) in [5.74, 6) is -1.52. The average molecular weight is 200 g/mol. The van der Waals surface area contributed by atoms with E-state index in [4.69, 9.17) is 23.1 Å². The Kier molecular flexibility index (Phi) is 2.48. The summed E-state index contributed by atoms with van der Waals surface area (Å²) in [7, 11) is 0. The van der Waals surface area contributed by atoms with Gasteiger partial charge in [-0.3, -0.25) is 9.59 Å². The van der Waals surface area contributed by atoms with E-state index in [1.165, 1.54) is 12.1 Å². The number of hydrogen-bond donors (Lipinski definition) is 2. The molecule has 6 heteroatoms. The molecule has 68 valence electrons. The summed E-state index contributed by atoms with van der Waals surface area (Å²) < 4.78 is 0. The molecule has 0 fully saturated rings. The van der Waals surface area contributed by atoms with Crippen LogP contribution in [0, 0.1) is 0 Å². The zero-order chi connectivity index (χ0) is 10.0. The predicted molar refractivity (Wildman–Crippen MR) is 46.3 cm³/mol. The SMILES string of the molecule is NC(=O)c1cc(Cl)cc(C(N)=O)n1. The van der Waals surface area contributed by atoms with Gasteiger partial charge in [0.25, 0.3) is 11.8 Å². The number of halogens is 1. The Hall–Kier alpha value is -1.62. The average Bonchev–Trinajstić information content (AvgIpc) is 2.03. The molecular weight excluding hydrogens is 194 g/mol. The molecule has 0 aliphatic heterocycles. The van der Waals surface area contributed by atoms with Gasteiger partial charge in [-0.1, -0.05) is 11.6 Å². The van der Waals surface area contributed by atoms with Gasteiger partial charge < -0.3 is 11.5 Å². The minimum absolute atomic E-state index is 0.0821. The monoisotopic (exact) mass is 199 g/mol. The molecule has 0 saturated heterocycles. The minimum atomic E-state index is -0.759. The molecule has 0 aliphatic rings. The number of aromatic nitrogens is 1. The van der Waals surface area contributed by atoms with Gasteiger partial charge in [-0.15, -0.1) is 0 Å². The lowest BCUT2D eigenvalue weighted by atomic mass is 10.3. The Morgan fingerprint density at radius 2 is 1.54 bits per heavy atom. The van der Waals surface area contributed by atoms with E-state index >= 15 is 0 Å². The van der Waals surface area contributed by atoms with Crippen molar-refractivity contribution in [3.8, 4) is 0 Å². The van der Waals surface area contributed by atoms with E-state index in [0.717, 1.165) is 0 Å². The van der Waals surface area contributed by atoms with Crippen molar-refractivity contribution in [2.24, 2.45) is 11.5 Å². The highest BCUT2D eigenvalue weighted by atomic mass is 35.5. The summed E-state index contributed by atoms with van der Waals surface area (Å²) in [6, 6.07) is 2.52. The summed E-state index contributed by atoms with van der Waals surface area (Å²) in [6.45, 7) is 0. The van der Waals surface area contributed by atoms with Crippen LogP contribution >= 0.6 is 11.6 Å². The summed E-state index contributed by atoms with van der Waals surface area (Å²) in [5, 5.41) is 0.192. The molecule has 1 aromatic heterocycles. The molecule has 0 bridgehead atoms. The number of hydrogen-bond acceptors (Lipinski definition) is 3. The summed E-state index contributed by atoms with van der Waals surface area (Å²) in [4.78, 5) is 25.0. The highest BCUT2D eigenvalue weighted by Gasteiger charge is 2.09. The summed E-state index contributed by atoms with van der Waals surface area (Å²) >= 11 is 5.58. The molecule has 4 N–H and O–H groups in total. The maximum absolute atomic E-state index is 10.7. The van der Waals surface area contributed by atoms with Crippen LogP contribution in [0.2, 0.25) is 5.02 Å². The molecule has 0 aromatic carbocycles. The Morgan fingerprint density at radius 3 is 1.85 bits per heavy atom. The topological polar surface area (TPSA) is 99.1 Å². The number of primary amides is 2. The Bertz CT molecular complexity index is 346. The zero-order valence-corrected chi connectivity index (χ0v) is 7.21. The van der Waals surface area contributed by atoms with Crippen LogP contribution in [0.3, 0.4) is 0 Å². The second kappa shape index (κ2) is 3.40. The van der Waals surface area contributed by atoms with E-state index < -0.39 is 11.8 Å². The molecule has 1 rings (SSSR count). The maximum Gasteiger partial charge on any atom is 0.267 e.